The maximum atomic E-state index is 13.1. The van der Waals surface area contributed by atoms with Crippen molar-refractivity contribution in [3.63, 3.8) is 0 Å². The summed E-state index contributed by atoms with van der Waals surface area (Å²) in [5.74, 6) is -1.98. The fraction of sp³-hybridized carbons (Fsp3) is 0.300. The molecule has 4 heteroatoms. The normalized spacial score (nSPS) is 12.5. The van der Waals surface area contributed by atoms with E-state index in [1.165, 1.54) is 12.1 Å². The molecule has 1 aromatic carbocycles. The van der Waals surface area contributed by atoms with Crippen molar-refractivity contribution >= 4 is 21.9 Å². The van der Waals surface area contributed by atoms with Gasteiger partial charge in [0.1, 0.15) is 5.82 Å². The Morgan fingerprint density at radius 3 is 2.71 bits per heavy atom. The first kappa shape index (κ1) is 11.2. The SMILES string of the molecule is CCC(C(=O)O)c1ccc(Br)c(F)c1. The lowest BCUT2D eigenvalue weighted by Crippen LogP contribution is -2.10. The molecule has 0 aliphatic heterocycles. The minimum absolute atomic E-state index is 0.349. The van der Waals surface area contributed by atoms with Crippen LogP contribution in [0.3, 0.4) is 0 Å². The molecular formula is C10H10BrFO2. The van der Waals surface area contributed by atoms with Crippen molar-refractivity contribution in [2.24, 2.45) is 0 Å². The smallest absolute Gasteiger partial charge is 0.310 e. The Kier molecular flexibility index (Phi) is 3.63. The first-order valence-electron chi connectivity index (χ1n) is 4.24. The van der Waals surface area contributed by atoms with Crippen molar-refractivity contribution in [1.29, 1.82) is 0 Å². The van der Waals surface area contributed by atoms with Gasteiger partial charge in [-0.2, -0.15) is 0 Å². The second kappa shape index (κ2) is 4.55. The summed E-state index contributed by atoms with van der Waals surface area (Å²) >= 11 is 3.01. The standard InChI is InChI=1S/C10H10BrFO2/c1-2-7(10(13)14)6-3-4-8(11)9(12)5-6/h3-5,7H,2H2,1H3,(H,13,14). The van der Waals surface area contributed by atoms with Gasteiger partial charge in [0.05, 0.1) is 10.4 Å². The van der Waals surface area contributed by atoms with Crippen molar-refractivity contribution in [3.05, 3.63) is 34.1 Å². The number of aliphatic carboxylic acids is 1. The van der Waals surface area contributed by atoms with E-state index in [1.54, 1.807) is 13.0 Å². The third-order valence-corrected chi connectivity index (χ3v) is 2.70. The maximum Gasteiger partial charge on any atom is 0.310 e. The molecular weight excluding hydrogens is 251 g/mol. The fourth-order valence-corrected chi connectivity index (χ4v) is 1.53. The molecule has 1 atom stereocenters. The van der Waals surface area contributed by atoms with E-state index in [0.29, 0.717) is 16.5 Å². The summed E-state index contributed by atoms with van der Waals surface area (Å²) in [7, 11) is 0. The highest BCUT2D eigenvalue weighted by atomic mass is 79.9. The minimum atomic E-state index is -0.922. The van der Waals surface area contributed by atoms with Gasteiger partial charge in [-0.25, -0.2) is 4.39 Å². The Labute approximate surface area is 89.9 Å². The predicted octanol–water partition coefficient (Wildman–Crippen LogP) is 3.17. The summed E-state index contributed by atoms with van der Waals surface area (Å²) in [4.78, 5) is 10.8. The van der Waals surface area contributed by atoms with Crippen LogP contribution in [0.1, 0.15) is 24.8 Å². The van der Waals surface area contributed by atoms with Crippen molar-refractivity contribution in [2.45, 2.75) is 19.3 Å². The minimum Gasteiger partial charge on any atom is -0.481 e. The van der Waals surface area contributed by atoms with Crippen molar-refractivity contribution in [1.82, 2.24) is 0 Å². The van der Waals surface area contributed by atoms with Crippen LogP contribution in [0.4, 0.5) is 4.39 Å². The number of halogens is 2. The van der Waals surface area contributed by atoms with Gasteiger partial charge in [-0.15, -0.1) is 0 Å². The van der Waals surface area contributed by atoms with Gasteiger partial charge in [0, 0.05) is 0 Å². The van der Waals surface area contributed by atoms with Gasteiger partial charge in [-0.1, -0.05) is 13.0 Å². The summed E-state index contributed by atoms with van der Waals surface area (Å²) < 4.78 is 13.4. The van der Waals surface area contributed by atoms with E-state index in [1.807, 2.05) is 0 Å². The zero-order valence-corrected chi connectivity index (χ0v) is 9.21. The molecule has 76 valence electrons. The van der Waals surface area contributed by atoms with Crippen LogP contribution in [0.2, 0.25) is 0 Å². The average Bonchev–Trinajstić information content (AvgIpc) is 2.11. The molecule has 0 fully saturated rings. The van der Waals surface area contributed by atoms with Crippen LogP contribution >= 0.6 is 15.9 Å². The Bertz CT molecular complexity index is 352. The second-order valence-corrected chi connectivity index (χ2v) is 3.83. The molecule has 0 aliphatic carbocycles. The Morgan fingerprint density at radius 1 is 1.64 bits per heavy atom. The van der Waals surface area contributed by atoms with Crippen LogP contribution in [-0.4, -0.2) is 11.1 Å². The zero-order valence-electron chi connectivity index (χ0n) is 7.63. The molecule has 0 spiro atoms. The topological polar surface area (TPSA) is 37.3 Å². The summed E-state index contributed by atoms with van der Waals surface area (Å²) in [6, 6.07) is 4.40. The average molecular weight is 261 g/mol. The molecule has 2 nitrogen and oxygen atoms in total. The van der Waals surface area contributed by atoms with Gasteiger partial charge in [-0.3, -0.25) is 4.79 Å². The summed E-state index contributed by atoms with van der Waals surface area (Å²) in [6.45, 7) is 1.76. The summed E-state index contributed by atoms with van der Waals surface area (Å²) in [5, 5.41) is 8.85. The van der Waals surface area contributed by atoms with E-state index in [0.717, 1.165) is 0 Å². The van der Waals surface area contributed by atoms with Crippen molar-refractivity contribution < 1.29 is 14.3 Å². The van der Waals surface area contributed by atoms with E-state index in [2.05, 4.69) is 15.9 Å². The summed E-state index contributed by atoms with van der Waals surface area (Å²) in [6.07, 6.45) is 0.455. The van der Waals surface area contributed by atoms with E-state index < -0.39 is 17.7 Å². The predicted molar refractivity (Wildman–Crippen MR) is 54.8 cm³/mol. The maximum absolute atomic E-state index is 13.1. The number of benzene rings is 1. The number of rotatable bonds is 3. The van der Waals surface area contributed by atoms with E-state index in [4.69, 9.17) is 5.11 Å². The lowest BCUT2D eigenvalue weighted by atomic mass is 9.97. The van der Waals surface area contributed by atoms with Crippen LogP contribution in [-0.2, 0) is 4.79 Å². The molecule has 0 radical (unpaired) electrons. The van der Waals surface area contributed by atoms with Gasteiger partial charge in [0.2, 0.25) is 0 Å². The molecule has 0 aliphatic rings. The number of carboxylic acid groups (broad SMARTS) is 1. The Morgan fingerprint density at radius 2 is 2.29 bits per heavy atom. The molecule has 0 bridgehead atoms. The highest BCUT2D eigenvalue weighted by molar-refractivity contribution is 9.10. The van der Waals surface area contributed by atoms with Crippen molar-refractivity contribution in [3.8, 4) is 0 Å². The van der Waals surface area contributed by atoms with Crippen LogP contribution < -0.4 is 0 Å². The third kappa shape index (κ3) is 2.32. The molecule has 0 saturated carbocycles. The van der Waals surface area contributed by atoms with Gasteiger partial charge < -0.3 is 5.11 Å². The quantitative estimate of drug-likeness (QED) is 0.907. The fourth-order valence-electron chi connectivity index (χ4n) is 1.28. The third-order valence-electron chi connectivity index (χ3n) is 2.05. The second-order valence-electron chi connectivity index (χ2n) is 2.97. The number of hydrogen-bond acceptors (Lipinski definition) is 1. The van der Waals surface area contributed by atoms with E-state index >= 15 is 0 Å². The number of carboxylic acids is 1. The highest BCUT2D eigenvalue weighted by Crippen LogP contribution is 2.24. The van der Waals surface area contributed by atoms with Crippen LogP contribution in [0.25, 0.3) is 0 Å². The highest BCUT2D eigenvalue weighted by Gasteiger charge is 2.18. The van der Waals surface area contributed by atoms with Crippen LogP contribution in [0, 0.1) is 5.82 Å². The molecule has 1 aromatic rings. The van der Waals surface area contributed by atoms with Gasteiger partial charge in [0.15, 0.2) is 0 Å². The monoisotopic (exact) mass is 260 g/mol. The first-order valence-corrected chi connectivity index (χ1v) is 5.03. The number of carbonyl (C=O) groups is 1. The molecule has 1 N–H and O–H groups in total. The van der Waals surface area contributed by atoms with E-state index in [-0.39, 0.29) is 0 Å². The molecule has 0 saturated heterocycles. The molecule has 0 heterocycles. The molecule has 14 heavy (non-hydrogen) atoms. The van der Waals surface area contributed by atoms with Gasteiger partial charge in [0.25, 0.3) is 0 Å². The molecule has 1 unspecified atom stereocenters. The lowest BCUT2D eigenvalue weighted by Gasteiger charge is -2.10. The van der Waals surface area contributed by atoms with Crippen LogP contribution in [0.5, 0.6) is 0 Å². The van der Waals surface area contributed by atoms with Crippen LogP contribution in [0.15, 0.2) is 22.7 Å². The zero-order chi connectivity index (χ0) is 10.7. The first-order chi connectivity index (χ1) is 6.56. The van der Waals surface area contributed by atoms with E-state index in [9.17, 15) is 9.18 Å². The Balaban J connectivity index is 3.06. The van der Waals surface area contributed by atoms with Gasteiger partial charge in [-0.05, 0) is 40.0 Å². The molecule has 0 aromatic heterocycles. The lowest BCUT2D eigenvalue weighted by molar-refractivity contribution is -0.138. The van der Waals surface area contributed by atoms with Gasteiger partial charge >= 0.3 is 5.97 Å². The Hall–Kier alpha value is -0.900. The largest absolute Gasteiger partial charge is 0.481 e. The van der Waals surface area contributed by atoms with Crippen molar-refractivity contribution in [2.75, 3.05) is 0 Å². The molecule has 0 amide bonds. The number of hydrogen-bond donors (Lipinski definition) is 1. The summed E-state index contributed by atoms with van der Waals surface area (Å²) in [5.41, 5.74) is 0.501. The molecule has 1 rings (SSSR count).